The van der Waals surface area contributed by atoms with Gasteiger partial charge in [-0.2, -0.15) is 5.10 Å². The molecular weight excluding hydrogens is 286 g/mol. The third-order valence-electron chi connectivity index (χ3n) is 3.71. The smallest absolute Gasteiger partial charge is 0.178 e. The van der Waals surface area contributed by atoms with E-state index in [2.05, 4.69) is 51.2 Å². The van der Waals surface area contributed by atoms with E-state index >= 15 is 0 Å². The van der Waals surface area contributed by atoms with Crippen LogP contribution in [0.15, 0.2) is 61.2 Å². The Labute approximate surface area is 133 Å². The van der Waals surface area contributed by atoms with E-state index in [4.69, 9.17) is 0 Å². The van der Waals surface area contributed by atoms with E-state index in [-0.39, 0.29) is 0 Å². The largest absolute Gasteiger partial charge is 0.268 e. The number of rotatable bonds is 3. The first-order valence-corrected chi connectivity index (χ1v) is 7.44. The summed E-state index contributed by atoms with van der Waals surface area (Å²) in [6.07, 6.45) is 7.28. The molecule has 0 bridgehead atoms. The van der Waals surface area contributed by atoms with Crippen molar-refractivity contribution in [2.75, 3.05) is 0 Å². The third-order valence-corrected chi connectivity index (χ3v) is 3.71. The van der Waals surface area contributed by atoms with Crippen molar-refractivity contribution in [3.05, 3.63) is 72.3 Å². The Morgan fingerprint density at radius 2 is 1.87 bits per heavy atom. The van der Waals surface area contributed by atoms with E-state index in [0.717, 1.165) is 23.3 Å². The summed E-state index contributed by atoms with van der Waals surface area (Å²) in [6, 6.07) is 12.2. The molecule has 0 aliphatic carbocycles. The van der Waals surface area contributed by atoms with Crippen LogP contribution < -0.4 is 0 Å². The Kier molecular flexibility index (Phi) is 3.31. The predicted molar refractivity (Wildman–Crippen MR) is 88.8 cm³/mol. The molecule has 0 saturated heterocycles. The molecule has 0 fully saturated rings. The lowest BCUT2D eigenvalue weighted by Gasteiger charge is -2.02. The molecule has 0 atom stereocenters. The summed E-state index contributed by atoms with van der Waals surface area (Å²) >= 11 is 0. The van der Waals surface area contributed by atoms with Gasteiger partial charge in [-0.25, -0.2) is 9.97 Å². The highest BCUT2D eigenvalue weighted by molar-refractivity contribution is 5.72. The van der Waals surface area contributed by atoms with Crippen LogP contribution in [0.2, 0.25) is 0 Å². The van der Waals surface area contributed by atoms with Crippen LogP contribution in [-0.2, 0) is 6.54 Å². The lowest BCUT2D eigenvalue weighted by molar-refractivity contribution is 0.687. The van der Waals surface area contributed by atoms with E-state index in [1.807, 2.05) is 29.2 Å². The Morgan fingerprint density at radius 3 is 2.74 bits per heavy atom. The van der Waals surface area contributed by atoms with E-state index < -0.39 is 0 Å². The summed E-state index contributed by atoms with van der Waals surface area (Å²) in [4.78, 5) is 13.2. The monoisotopic (exact) mass is 301 g/mol. The number of pyridine rings is 1. The van der Waals surface area contributed by atoms with Gasteiger partial charge in [-0.1, -0.05) is 29.8 Å². The highest BCUT2D eigenvalue weighted by Gasteiger charge is 2.06. The van der Waals surface area contributed by atoms with Gasteiger partial charge < -0.3 is 0 Å². The van der Waals surface area contributed by atoms with Crippen LogP contribution in [0.4, 0.5) is 0 Å². The number of benzene rings is 1. The molecule has 23 heavy (non-hydrogen) atoms. The average Bonchev–Trinajstić information content (AvgIpc) is 3.05. The van der Waals surface area contributed by atoms with Crippen molar-refractivity contribution in [3.63, 3.8) is 0 Å². The van der Waals surface area contributed by atoms with E-state index in [0.29, 0.717) is 5.65 Å². The van der Waals surface area contributed by atoms with E-state index in [1.54, 1.807) is 12.4 Å². The van der Waals surface area contributed by atoms with Crippen LogP contribution in [0.5, 0.6) is 0 Å². The molecule has 0 aliphatic rings. The first kappa shape index (κ1) is 13.6. The molecule has 3 aromatic heterocycles. The minimum atomic E-state index is 0.649. The zero-order chi connectivity index (χ0) is 15.6. The maximum Gasteiger partial charge on any atom is 0.178 e. The number of nitrogens with zero attached hydrogens (tertiary/aromatic N) is 5. The molecule has 0 aliphatic heterocycles. The van der Waals surface area contributed by atoms with Gasteiger partial charge in [0.1, 0.15) is 5.52 Å². The molecule has 0 spiro atoms. The Bertz CT molecular complexity index is 956. The van der Waals surface area contributed by atoms with Gasteiger partial charge in [-0.3, -0.25) is 9.67 Å². The zero-order valence-corrected chi connectivity index (χ0v) is 12.7. The Balaban J connectivity index is 1.62. The van der Waals surface area contributed by atoms with Crippen LogP contribution in [-0.4, -0.2) is 24.7 Å². The number of hydrogen-bond acceptors (Lipinski definition) is 4. The second kappa shape index (κ2) is 5.61. The molecule has 0 saturated carbocycles. The molecule has 112 valence electrons. The normalized spacial score (nSPS) is 11.0. The van der Waals surface area contributed by atoms with Gasteiger partial charge in [-0.05, 0) is 24.6 Å². The molecule has 0 amide bonds. The predicted octanol–water partition coefficient (Wildman–Crippen LogP) is 3.25. The summed E-state index contributed by atoms with van der Waals surface area (Å²) in [5.41, 5.74) is 5.65. The van der Waals surface area contributed by atoms with Crippen molar-refractivity contribution >= 4 is 11.2 Å². The summed E-state index contributed by atoms with van der Waals surface area (Å²) in [5.74, 6) is 0. The summed E-state index contributed by atoms with van der Waals surface area (Å²) in [7, 11) is 0. The second-order valence-electron chi connectivity index (χ2n) is 5.51. The van der Waals surface area contributed by atoms with Crippen LogP contribution in [0.1, 0.15) is 11.1 Å². The fourth-order valence-electron chi connectivity index (χ4n) is 2.45. The van der Waals surface area contributed by atoms with Gasteiger partial charge in [0.05, 0.1) is 24.6 Å². The molecular formula is C18H15N5. The first-order valence-electron chi connectivity index (χ1n) is 7.44. The standard InChI is InChI=1S/C18H15N5/c1-13-4-6-14(7-5-13)11-23-12-15(9-21-23)17-10-20-16-3-2-8-19-18(16)22-17/h2-10,12H,11H2,1H3. The lowest BCUT2D eigenvalue weighted by Crippen LogP contribution is -1.99. The average molecular weight is 301 g/mol. The van der Waals surface area contributed by atoms with Crippen molar-refractivity contribution in [3.8, 4) is 11.3 Å². The van der Waals surface area contributed by atoms with Crippen LogP contribution in [0, 0.1) is 6.92 Å². The number of fused-ring (bicyclic) bond motifs is 1. The fraction of sp³-hybridized carbons (Fsp3) is 0.111. The highest BCUT2D eigenvalue weighted by Crippen LogP contribution is 2.18. The maximum atomic E-state index is 4.55. The molecule has 3 heterocycles. The first-order chi connectivity index (χ1) is 11.3. The Hall–Kier alpha value is -3.08. The van der Waals surface area contributed by atoms with Crippen LogP contribution in [0.3, 0.4) is 0 Å². The quantitative estimate of drug-likeness (QED) is 0.583. The molecule has 1 aromatic carbocycles. The molecule has 5 heteroatoms. The molecule has 4 aromatic rings. The number of hydrogen-bond donors (Lipinski definition) is 0. The van der Waals surface area contributed by atoms with Gasteiger partial charge >= 0.3 is 0 Å². The van der Waals surface area contributed by atoms with E-state index in [9.17, 15) is 0 Å². The van der Waals surface area contributed by atoms with Gasteiger partial charge in [0.2, 0.25) is 0 Å². The minimum Gasteiger partial charge on any atom is -0.268 e. The molecule has 4 rings (SSSR count). The number of aromatic nitrogens is 5. The Morgan fingerprint density at radius 1 is 1.00 bits per heavy atom. The lowest BCUT2D eigenvalue weighted by atomic mass is 10.1. The zero-order valence-electron chi connectivity index (χ0n) is 12.7. The number of aryl methyl sites for hydroxylation is 1. The third kappa shape index (κ3) is 2.81. The molecule has 0 unspecified atom stereocenters. The van der Waals surface area contributed by atoms with Crippen molar-refractivity contribution in [1.29, 1.82) is 0 Å². The SMILES string of the molecule is Cc1ccc(Cn2cc(-c3cnc4cccnc4n3)cn2)cc1. The van der Waals surface area contributed by atoms with Gasteiger partial charge in [0.15, 0.2) is 5.65 Å². The van der Waals surface area contributed by atoms with Crippen LogP contribution >= 0.6 is 0 Å². The fourth-order valence-corrected chi connectivity index (χ4v) is 2.45. The van der Waals surface area contributed by atoms with Gasteiger partial charge in [0, 0.05) is 18.0 Å². The van der Waals surface area contributed by atoms with E-state index in [1.165, 1.54) is 11.1 Å². The second-order valence-corrected chi connectivity index (χ2v) is 5.51. The van der Waals surface area contributed by atoms with Crippen molar-refractivity contribution in [2.24, 2.45) is 0 Å². The van der Waals surface area contributed by atoms with Crippen molar-refractivity contribution in [2.45, 2.75) is 13.5 Å². The molecule has 5 nitrogen and oxygen atoms in total. The summed E-state index contributed by atoms with van der Waals surface area (Å²) in [6.45, 7) is 2.82. The van der Waals surface area contributed by atoms with Crippen molar-refractivity contribution < 1.29 is 0 Å². The minimum absolute atomic E-state index is 0.649. The topological polar surface area (TPSA) is 56.5 Å². The highest BCUT2D eigenvalue weighted by atomic mass is 15.3. The molecule has 0 radical (unpaired) electrons. The molecule has 0 N–H and O–H groups in total. The van der Waals surface area contributed by atoms with Gasteiger partial charge in [0.25, 0.3) is 0 Å². The van der Waals surface area contributed by atoms with Crippen molar-refractivity contribution in [1.82, 2.24) is 24.7 Å². The van der Waals surface area contributed by atoms with Gasteiger partial charge in [-0.15, -0.1) is 0 Å². The maximum absolute atomic E-state index is 4.55. The van der Waals surface area contributed by atoms with Crippen LogP contribution in [0.25, 0.3) is 22.4 Å². The summed E-state index contributed by atoms with van der Waals surface area (Å²) < 4.78 is 1.91. The summed E-state index contributed by atoms with van der Waals surface area (Å²) in [5, 5.41) is 4.42.